The number of amidine groups is 1. The third-order valence-electron chi connectivity index (χ3n) is 6.14. The Balaban J connectivity index is 1.36. The monoisotopic (exact) mass is 499 g/mol. The second-order valence-electron chi connectivity index (χ2n) is 8.68. The number of sulfonamides is 1. The zero-order chi connectivity index (χ0) is 25.0. The number of nitrogen functional groups attached to an aromatic ring is 1. The summed E-state index contributed by atoms with van der Waals surface area (Å²) < 4.78 is 34.0. The van der Waals surface area contributed by atoms with Crippen LogP contribution in [0.4, 0.5) is 0 Å². The van der Waals surface area contributed by atoms with Gasteiger partial charge in [-0.25, -0.2) is 8.42 Å². The number of nitrogens with zero attached hydrogens (tertiary/aromatic N) is 1. The normalized spacial score (nSPS) is 17.9. The zero-order valence-electron chi connectivity index (χ0n) is 19.2. The van der Waals surface area contributed by atoms with E-state index >= 15 is 0 Å². The Morgan fingerprint density at radius 2 is 1.94 bits per heavy atom. The Morgan fingerprint density at radius 1 is 1.17 bits per heavy atom. The number of benzene rings is 2. The van der Waals surface area contributed by atoms with Gasteiger partial charge in [-0.15, -0.1) is 0 Å². The molecule has 0 aromatic heterocycles. The van der Waals surface area contributed by atoms with Crippen LogP contribution >= 0.6 is 0 Å². The molecule has 1 saturated heterocycles. The molecule has 2 amide bonds. The number of fused-ring (bicyclic) bond motifs is 1. The highest BCUT2D eigenvalue weighted by atomic mass is 32.2. The number of ether oxygens (including phenoxy) is 1. The molecule has 0 bridgehead atoms. The Kier molecular flexibility index (Phi) is 7.37. The number of carbonyl (C=O) groups is 2. The molecule has 11 heteroatoms. The van der Waals surface area contributed by atoms with Crippen LogP contribution in [0, 0.1) is 5.41 Å². The summed E-state index contributed by atoms with van der Waals surface area (Å²) in [5, 5.41) is 10.2. The number of nitrogens with one attached hydrogen (secondary N) is 3. The van der Waals surface area contributed by atoms with Crippen molar-refractivity contribution in [3.8, 4) is 5.75 Å². The number of carbonyl (C=O) groups excluding carboxylic acids is 2. The van der Waals surface area contributed by atoms with Crippen molar-refractivity contribution < 1.29 is 22.7 Å². The third kappa shape index (κ3) is 5.98. The van der Waals surface area contributed by atoms with Crippen molar-refractivity contribution in [3.63, 3.8) is 0 Å². The van der Waals surface area contributed by atoms with Gasteiger partial charge in [-0.2, -0.15) is 4.72 Å². The van der Waals surface area contributed by atoms with Crippen molar-refractivity contribution >= 4 is 27.7 Å². The lowest BCUT2D eigenvalue weighted by atomic mass is 10.1. The molecule has 2 aromatic rings. The molecular weight excluding hydrogens is 470 g/mol. The van der Waals surface area contributed by atoms with Gasteiger partial charge >= 0.3 is 0 Å². The first-order valence-corrected chi connectivity index (χ1v) is 13.0. The molecular formula is C24H29N5O5S. The minimum Gasteiger partial charge on any atom is -0.493 e. The summed E-state index contributed by atoms with van der Waals surface area (Å²) in [7, 11) is -3.92. The van der Waals surface area contributed by atoms with Crippen LogP contribution in [0.25, 0.3) is 0 Å². The second-order valence-corrected chi connectivity index (χ2v) is 10.4. The third-order valence-corrected chi connectivity index (χ3v) is 7.61. The first-order chi connectivity index (χ1) is 16.7. The van der Waals surface area contributed by atoms with Gasteiger partial charge in [0.25, 0.3) is 0 Å². The van der Waals surface area contributed by atoms with Crippen LogP contribution in [0.1, 0.15) is 36.0 Å². The van der Waals surface area contributed by atoms with Gasteiger partial charge < -0.3 is 20.7 Å². The number of hydrogen-bond acceptors (Lipinski definition) is 6. The molecule has 0 radical (unpaired) electrons. The first-order valence-electron chi connectivity index (χ1n) is 11.5. The van der Waals surface area contributed by atoms with Crippen LogP contribution in [0.2, 0.25) is 0 Å². The second kappa shape index (κ2) is 10.4. The number of nitrogens with two attached hydrogens (primary N) is 1. The van der Waals surface area contributed by atoms with Gasteiger partial charge in [0, 0.05) is 25.1 Å². The van der Waals surface area contributed by atoms with E-state index in [-0.39, 0.29) is 29.7 Å². The molecule has 186 valence electrons. The average molecular weight is 500 g/mol. The highest BCUT2D eigenvalue weighted by molar-refractivity contribution is 7.89. The Hall–Kier alpha value is -3.44. The van der Waals surface area contributed by atoms with Gasteiger partial charge in [0.15, 0.2) is 0 Å². The molecule has 0 aliphatic carbocycles. The fourth-order valence-corrected chi connectivity index (χ4v) is 5.46. The number of likely N-dealkylation sites (tertiary alicyclic amines) is 1. The molecule has 10 nitrogen and oxygen atoms in total. The van der Waals surface area contributed by atoms with Crippen molar-refractivity contribution in [1.82, 2.24) is 14.9 Å². The van der Waals surface area contributed by atoms with Gasteiger partial charge in [0.2, 0.25) is 21.8 Å². The van der Waals surface area contributed by atoms with Crippen LogP contribution < -0.4 is 20.5 Å². The maximum atomic E-state index is 13.1. The van der Waals surface area contributed by atoms with E-state index in [2.05, 4.69) is 10.0 Å². The summed E-state index contributed by atoms with van der Waals surface area (Å²) >= 11 is 0. The van der Waals surface area contributed by atoms with E-state index in [4.69, 9.17) is 15.9 Å². The van der Waals surface area contributed by atoms with E-state index in [1.54, 1.807) is 36.4 Å². The molecule has 0 saturated carbocycles. The van der Waals surface area contributed by atoms with E-state index in [1.807, 2.05) is 0 Å². The summed E-state index contributed by atoms with van der Waals surface area (Å²) in [6.45, 7) is 1.01. The largest absolute Gasteiger partial charge is 0.493 e. The maximum Gasteiger partial charge on any atom is 0.241 e. The number of amides is 2. The minimum atomic E-state index is -3.92. The molecule has 0 spiro atoms. The summed E-state index contributed by atoms with van der Waals surface area (Å²) in [6.07, 6.45) is 2.36. The highest BCUT2D eigenvalue weighted by Gasteiger charge is 2.32. The van der Waals surface area contributed by atoms with Crippen molar-refractivity contribution in [2.45, 2.75) is 43.2 Å². The van der Waals surface area contributed by atoms with Crippen LogP contribution in [-0.2, 0) is 32.6 Å². The fraction of sp³-hybridized carbons (Fsp3) is 0.375. The van der Waals surface area contributed by atoms with Crippen LogP contribution in [0.3, 0.4) is 0 Å². The molecule has 4 rings (SSSR count). The lowest BCUT2D eigenvalue weighted by Gasteiger charge is -2.24. The molecule has 2 aromatic carbocycles. The molecule has 5 N–H and O–H groups in total. The summed E-state index contributed by atoms with van der Waals surface area (Å²) in [4.78, 5) is 27.2. The van der Waals surface area contributed by atoms with Gasteiger partial charge in [-0.3, -0.25) is 15.0 Å². The standard InChI is InChI=1S/C24H29N5O5S/c25-23(26)17-6-4-16(5-7-17)14-27-22(30)15-29-11-2-1-3-20(24(29)31)28-35(32,33)19-8-9-21-18(13-19)10-12-34-21/h4-9,13,20,28H,1-3,10-12,14-15H2,(H3,25,26)(H,27,30). The van der Waals surface area contributed by atoms with E-state index in [9.17, 15) is 18.0 Å². The van der Waals surface area contributed by atoms with Crippen LogP contribution in [-0.4, -0.2) is 56.7 Å². The zero-order valence-corrected chi connectivity index (χ0v) is 20.1. The van der Waals surface area contributed by atoms with Crippen molar-refractivity contribution in [2.24, 2.45) is 5.73 Å². The molecule has 1 atom stereocenters. The van der Waals surface area contributed by atoms with E-state index in [1.165, 1.54) is 11.0 Å². The van der Waals surface area contributed by atoms with Gasteiger partial charge in [0.1, 0.15) is 17.6 Å². The first kappa shape index (κ1) is 24.7. The van der Waals surface area contributed by atoms with Gasteiger partial charge in [0.05, 0.1) is 18.0 Å². The van der Waals surface area contributed by atoms with Crippen LogP contribution in [0.5, 0.6) is 5.75 Å². The number of rotatable bonds is 8. The fourth-order valence-electron chi connectivity index (χ4n) is 4.19. The Labute approximate surface area is 204 Å². The summed E-state index contributed by atoms with van der Waals surface area (Å²) in [6, 6.07) is 10.7. The van der Waals surface area contributed by atoms with Crippen molar-refractivity contribution in [1.29, 1.82) is 5.41 Å². The molecule has 1 fully saturated rings. The highest BCUT2D eigenvalue weighted by Crippen LogP contribution is 2.28. The predicted octanol–water partition coefficient (Wildman–Crippen LogP) is 0.881. The molecule has 1 unspecified atom stereocenters. The van der Waals surface area contributed by atoms with Crippen molar-refractivity contribution in [2.75, 3.05) is 19.7 Å². The Morgan fingerprint density at radius 3 is 2.69 bits per heavy atom. The van der Waals surface area contributed by atoms with E-state index in [0.717, 1.165) is 11.1 Å². The van der Waals surface area contributed by atoms with Crippen LogP contribution in [0.15, 0.2) is 47.4 Å². The topological polar surface area (TPSA) is 155 Å². The minimum absolute atomic E-state index is 0.0318. The maximum absolute atomic E-state index is 13.1. The van der Waals surface area contributed by atoms with E-state index in [0.29, 0.717) is 50.1 Å². The van der Waals surface area contributed by atoms with E-state index < -0.39 is 22.0 Å². The van der Waals surface area contributed by atoms with Gasteiger partial charge in [-0.1, -0.05) is 24.3 Å². The summed E-state index contributed by atoms with van der Waals surface area (Å²) in [5.41, 5.74) is 7.70. The summed E-state index contributed by atoms with van der Waals surface area (Å²) in [5.74, 6) is -0.0928. The Bertz CT molecular complexity index is 1230. The smallest absolute Gasteiger partial charge is 0.241 e. The van der Waals surface area contributed by atoms with Gasteiger partial charge in [-0.05, 0) is 48.6 Å². The molecule has 2 aliphatic rings. The number of hydrogen-bond donors (Lipinski definition) is 4. The molecule has 35 heavy (non-hydrogen) atoms. The lowest BCUT2D eigenvalue weighted by Crippen LogP contribution is -2.49. The van der Waals surface area contributed by atoms with Crippen molar-refractivity contribution in [3.05, 3.63) is 59.2 Å². The molecule has 2 aliphatic heterocycles. The SMILES string of the molecule is N=C(N)c1ccc(CNC(=O)CN2CCCCC(NS(=O)(=O)c3ccc4c(c3)CCO4)C2=O)cc1. The average Bonchev–Trinajstić information content (AvgIpc) is 3.25. The quantitative estimate of drug-likeness (QED) is 0.312. The predicted molar refractivity (Wildman–Crippen MR) is 129 cm³/mol. The molecule has 2 heterocycles. The lowest BCUT2D eigenvalue weighted by molar-refractivity contribution is -0.136.